The molecule has 2 aliphatic rings. The van der Waals surface area contributed by atoms with Gasteiger partial charge in [0.25, 0.3) is 5.91 Å². The highest BCUT2D eigenvalue weighted by Crippen LogP contribution is 2.20. The predicted octanol–water partition coefficient (Wildman–Crippen LogP) is 3.15. The van der Waals surface area contributed by atoms with E-state index < -0.39 is 11.8 Å². The molecule has 9 heteroatoms. The van der Waals surface area contributed by atoms with Gasteiger partial charge in [0.1, 0.15) is 5.82 Å². The van der Waals surface area contributed by atoms with Gasteiger partial charge in [-0.2, -0.15) is 0 Å². The van der Waals surface area contributed by atoms with E-state index in [0.717, 1.165) is 18.4 Å². The highest BCUT2D eigenvalue weighted by molar-refractivity contribution is 6.01. The van der Waals surface area contributed by atoms with E-state index >= 15 is 0 Å². The summed E-state index contributed by atoms with van der Waals surface area (Å²) >= 11 is 0. The van der Waals surface area contributed by atoms with Crippen LogP contribution in [0.25, 0.3) is 0 Å². The van der Waals surface area contributed by atoms with Crippen molar-refractivity contribution in [3.05, 3.63) is 65.5 Å². The first-order valence-corrected chi connectivity index (χ1v) is 11.4. The zero-order chi connectivity index (χ0) is 24.1. The fourth-order valence-electron chi connectivity index (χ4n) is 4.31. The van der Waals surface area contributed by atoms with Gasteiger partial charge in [-0.25, -0.2) is 9.18 Å². The summed E-state index contributed by atoms with van der Waals surface area (Å²) in [7, 11) is 0. The number of hydrogen-bond acceptors (Lipinski definition) is 4. The Kier molecular flexibility index (Phi) is 7.20. The first-order chi connectivity index (χ1) is 16.4. The van der Waals surface area contributed by atoms with Gasteiger partial charge in [0.2, 0.25) is 11.8 Å². The number of benzene rings is 2. The molecule has 0 saturated carbocycles. The van der Waals surface area contributed by atoms with Crippen LogP contribution in [0.2, 0.25) is 0 Å². The molecule has 2 aromatic rings. The molecule has 0 spiro atoms. The van der Waals surface area contributed by atoms with Crippen LogP contribution in [-0.2, 0) is 16.1 Å². The van der Waals surface area contributed by atoms with Crippen LogP contribution in [0.4, 0.5) is 14.9 Å². The zero-order valence-corrected chi connectivity index (χ0v) is 18.8. The van der Waals surface area contributed by atoms with Gasteiger partial charge in [-0.15, -0.1) is 0 Å². The zero-order valence-electron chi connectivity index (χ0n) is 18.8. The Labute approximate surface area is 197 Å². The molecule has 2 saturated heterocycles. The van der Waals surface area contributed by atoms with Crippen molar-refractivity contribution in [2.45, 2.75) is 32.2 Å². The summed E-state index contributed by atoms with van der Waals surface area (Å²) in [5.41, 5.74) is 1.71. The van der Waals surface area contributed by atoms with E-state index in [0.29, 0.717) is 30.9 Å². The molecule has 8 nitrogen and oxygen atoms in total. The fourth-order valence-corrected chi connectivity index (χ4v) is 4.31. The lowest BCUT2D eigenvalue weighted by atomic mass is 9.97. The number of urea groups is 1. The molecule has 4 rings (SSSR count). The summed E-state index contributed by atoms with van der Waals surface area (Å²) in [5.74, 6) is -0.730. The number of anilines is 1. The van der Waals surface area contributed by atoms with Crippen molar-refractivity contribution in [3.63, 3.8) is 0 Å². The molecule has 5 amide bonds. The number of carbonyl (C=O) groups is 4. The van der Waals surface area contributed by atoms with E-state index in [1.807, 2.05) is 0 Å². The second-order valence-electron chi connectivity index (χ2n) is 8.68. The minimum atomic E-state index is -0.426. The van der Waals surface area contributed by atoms with Crippen molar-refractivity contribution in [2.24, 2.45) is 5.92 Å². The Hall–Kier alpha value is -3.75. The van der Waals surface area contributed by atoms with Gasteiger partial charge in [0, 0.05) is 43.7 Å². The van der Waals surface area contributed by atoms with Crippen LogP contribution >= 0.6 is 0 Å². The average molecular weight is 467 g/mol. The minimum Gasteiger partial charge on any atom is -0.338 e. The predicted molar refractivity (Wildman–Crippen MR) is 123 cm³/mol. The van der Waals surface area contributed by atoms with Crippen molar-refractivity contribution < 1.29 is 23.6 Å². The molecule has 1 atom stereocenters. The SMILES string of the molecule is O=C(NCC1CCCN(C(=O)c2ccc(CN3C(=O)CCC3=O)cc2)C1)Nc1cccc(F)c1. The lowest BCUT2D eigenvalue weighted by Gasteiger charge is -2.33. The molecule has 2 N–H and O–H groups in total. The smallest absolute Gasteiger partial charge is 0.319 e. The van der Waals surface area contributed by atoms with Gasteiger partial charge < -0.3 is 15.5 Å². The maximum absolute atomic E-state index is 13.3. The Morgan fingerprint density at radius 3 is 2.47 bits per heavy atom. The first kappa shape index (κ1) is 23.4. The van der Waals surface area contributed by atoms with Crippen LogP contribution in [0.3, 0.4) is 0 Å². The molecule has 2 aromatic carbocycles. The number of carbonyl (C=O) groups excluding carboxylic acids is 4. The van der Waals surface area contributed by atoms with Crippen molar-refractivity contribution in [1.82, 2.24) is 15.1 Å². The molecule has 2 heterocycles. The van der Waals surface area contributed by atoms with Crippen molar-refractivity contribution in [2.75, 3.05) is 25.0 Å². The number of piperidine rings is 1. The van der Waals surface area contributed by atoms with Gasteiger partial charge in [-0.1, -0.05) is 18.2 Å². The highest BCUT2D eigenvalue weighted by Gasteiger charge is 2.29. The number of likely N-dealkylation sites (tertiary alicyclic amines) is 2. The number of halogens is 1. The number of nitrogens with zero attached hydrogens (tertiary/aromatic N) is 2. The maximum Gasteiger partial charge on any atom is 0.319 e. The van der Waals surface area contributed by atoms with Crippen LogP contribution < -0.4 is 10.6 Å². The number of hydrogen-bond donors (Lipinski definition) is 2. The van der Waals surface area contributed by atoms with E-state index in [4.69, 9.17) is 0 Å². The molecule has 2 aliphatic heterocycles. The number of rotatable bonds is 6. The molecule has 0 radical (unpaired) electrons. The first-order valence-electron chi connectivity index (χ1n) is 11.4. The summed E-state index contributed by atoms with van der Waals surface area (Å²) in [5, 5.41) is 5.40. The van der Waals surface area contributed by atoms with Crippen LogP contribution in [0.1, 0.15) is 41.6 Å². The van der Waals surface area contributed by atoms with Crippen LogP contribution in [-0.4, -0.2) is 53.2 Å². The number of nitrogens with one attached hydrogen (secondary N) is 2. The summed E-state index contributed by atoms with van der Waals surface area (Å²) < 4.78 is 13.3. The van der Waals surface area contributed by atoms with Gasteiger partial charge in [-0.05, 0) is 54.7 Å². The molecule has 34 heavy (non-hydrogen) atoms. The molecular weight excluding hydrogens is 439 g/mol. The molecule has 0 bridgehead atoms. The molecule has 0 aliphatic carbocycles. The maximum atomic E-state index is 13.3. The normalized spacial score (nSPS) is 18.2. The second-order valence-corrected chi connectivity index (χ2v) is 8.68. The summed E-state index contributed by atoms with van der Waals surface area (Å²) in [6, 6.07) is 12.2. The quantitative estimate of drug-likeness (QED) is 0.639. The van der Waals surface area contributed by atoms with Crippen LogP contribution in [0, 0.1) is 11.7 Å². The number of imide groups is 1. The topological polar surface area (TPSA) is 98.8 Å². The molecule has 0 aromatic heterocycles. The lowest BCUT2D eigenvalue weighted by Crippen LogP contribution is -2.44. The van der Waals surface area contributed by atoms with Crippen molar-refractivity contribution >= 4 is 29.4 Å². The van der Waals surface area contributed by atoms with Crippen LogP contribution in [0.5, 0.6) is 0 Å². The van der Waals surface area contributed by atoms with E-state index in [-0.39, 0.29) is 43.0 Å². The molecule has 178 valence electrons. The third-order valence-corrected chi connectivity index (χ3v) is 6.14. The van der Waals surface area contributed by atoms with Gasteiger partial charge >= 0.3 is 6.03 Å². The summed E-state index contributed by atoms with van der Waals surface area (Å²) in [4.78, 5) is 51.8. The third kappa shape index (κ3) is 5.78. The van der Waals surface area contributed by atoms with E-state index in [9.17, 15) is 23.6 Å². The average Bonchev–Trinajstić information content (AvgIpc) is 3.15. The summed E-state index contributed by atoms with van der Waals surface area (Å²) in [6.45, 7) is 1.80. The highest BCUT2D eigenvalue weighted by atomic mass is 19.1. The fraction of sp³-hybridized carbons (Fsp3) is 0.360. The summed E-state index contributed by atoms with van der Waals surface area (Å²) in [6.07, 6.45) is 2.24. The lowest BCUT2D eigenvalue weighted by molar-refractivity contribution is -0.139. The van der Waals surface area contributed by atoms with Crippen molar-refractivity contribution in [3.8, 4) is 0 Å². The Bertz CT molecular complexity index is 1070. The number of amides is 5. The van der Waals surface area contributed by atoms with E-state index in [1.54, 1.807) is 35.2 Å². The van der Waals surface area contributed by atoms with E-state index in [1.165, 1.54) is 23.1 Å². The van der Waals surface area contributed by atoms with Gasteiger partial charge in [0.15, 0.2) is 0 Å². The molecule has 2 fully saturated rings. The monoisotopic (exact) mass is 466 g/mol. The third-order valence-electron chi connectivity index (χ3n) is 6.14. The van der Waals surface area contributed by atoms with Crippen molar-refractivity contribution in [1.29, 1.82) is 0 Å². The van der Waals surface area contributed by atoms with Crippen LogP contribution in [0.15, 0.2) is 48.5 Å². The van der Waals surface area contributed by atoms with Gasteiger partial charge in [-0.3, -0.25) is 19.3 Å². The molecular formula is C25H27FN4O4. The minimum absolute atomic E-state index is 0.0891. The Balaban J connectivity index is 1.27. The van der Waals surface area contributed by atoms with E-state index in [2.05, 4.69) is 10.6 Å². The largest absolute Gasteiger partial charge is 0.338 e. The Morgan fingerprint density at radius 2 is 1.76 bits per heavy atom. The van der Waals surface area contributed by atoms with Gasteiger partial charge in [0.05, 0.1) is 6.54 Å². The second kappa shape index (κ2) is 10.5. The Morgan fingerprint density at radius 1 is 1.03 bits per heavy atom. The molecule has 1 unspecified atom stereocenters. The standard InChI is InChI=1S/C25H27FN4O4/c26-20-4-1-5-21(13-20)28-25(34)27-14-18-3-2-12-29(15-18)24(33)19-8-6-17(7-9-19)16-30-22(31)10-11-23(30)32/h1,4-9,13,18H,2-3,10-12,14-16H2,(H2,27,28,34).